The number of aliphatic carboxylic acids is 1. The average molecular weight is 1380 g/mol. The van der Waals surface area contributed by atoms with Crippen LogP contribution >= 0.6 is 23.5 Å². The Morgan fingerprint density at radius 3 is 2.06 bits per heavy atom. The van der Waals surface area contributed by atoms with Crippen LogP contribution in [0.1, 0.15) is 97.6 Å². The first-order valence-electron chi connectivity index (χ1n) is 32.6. The van der Waals surface area contributed by atoms with Crippen molar-refractivity contribution < 1.29 is 67.3 Å². The number of hydrogen-bond donors (Lipinski definition) is 14. The van der Waals surface area contributed by atoms with Gasteiger partial charge in [0.15, 0.2) is 0 Å². The molecule has 3 aliphatic heterocycles. The summed E-state index contributed by atoms with van der Waals surface area (Å²) in [6.45, 7) is 0.378. The highest BCUT2D eigenvalue weighted by Crippen LogP contribution is 2.32. The molecule has 4 aromatic carbocycles. The second-order valence-electron chi connectivity index (χ2n) is 24.5. The molecule has 1 aliphatic carbocycles. The summed E-state index contributed by atoms with van der Waals surface area (Å²) in [7, 11) is 0. The third-order valence-corrected chi connectivity index (χ3v) is 19.3. The Hall–Kier alpha value is -8.90. The molecule has 26 nitrogen and oxygen atoms in total. The van der Waals surface area contributed by atoms with E-state index in [4.69, 9.17) is 11.5 Å². The molecule has 97 heavy (non-hydrogen) atoms. The third-order valence-electron chi connectivity index (χ3n) is 17.1. The number of halogens is 1. The summed E-state index contributed by atoms with van der Waals surface area (Å²) in [6.07, 6.45) is 2.37. The zero-order chi connectivity index (χ0) is 69.4. The number of aryl methyl sites for hydroxylation is 1. The molecule has 520 valence electrons. The maximum Gasteiger partial charge on any atom is 0.305 e. The van der Waals surface area contributed by atoms with Gasteiger partial charge in [-0.15, -0.1) is 0 Å². The number of unbranched alkanes of at least 4 members (excludes halogenated alkanes) is 1. The first-order chi connectivity index (χ1) is 46.7. The van der Waals surface area contributed by atoms with E-state index in [1.165, 1.54) is 52.7 Å². The van der Waals surface area contributed by atoms with Gasteiger partial charge in [0.1, 0.15) is 59.9 Å². The number of allylic oxidation sites excluding steroid dienone is 1. The first kappa shape index (κ1) is 73.9. The molecule has 2 bridgehead atoms. The van der Waals surface area contributed by atoms with Crippen LogP contribution in [-0.2, 0) is 83.5 Å². The fraction of sp³-hybridized carbons (Fsp3) is 0.456. The number of nitrogens with two attached hydrogens (primary N) is 2. The minimum Gasteiger partial charge on any atom is -0.508 e. The Kier molecular flexibility index (Phi) is 28.2. The van der Waals surface area contributed by atoms with Gasteiger partial charge in [0.05, 0.1) is 13.0 Å². The molecule has 2 fully saturated rings. The van der Waals surface area contributed by atoms with E-state index in [0.29, 0.717) is 79.4 Å². The lowest BCUT2D eigenvalue weighted by atomic mass is 9.98. The summed E-state index contributed by atoms with van der Waals surface area (Å²) in [5.41, 5.74) is 16.4. The summed E-state index contributed by atoms with van der Waals surface area (Å²) in [5, 5.41) is 48.2. The quantitative estimate of drug-likeness (QED) is 0.0690. The van der Waals surface area contributed by atoms with Gasteiger partial charge in [0.2, 0.25) is 59.1 Å². The van der Waals surface area contributed by atoms with E-state index in [2.05, 4.69) is 53.2 Å². The number of amides is 10. The number of carbonyl (C=O) groups is 11. The molecule has 0 saturated carbocycles. The number of fused-ring (bicyclic) bond motifs is 4. The van der Waals surface area contributed by atoms with Gasteiger partial charge in [-0.25, -0.2) is 4.39 Å². The van der Waals surface area contributed by atoms with Crippen LogP contribution < -0.4 is 64.6 Å². The Labute approximate surface area is 570 Å². The largest absolute Gasteiger partial charge is 0.508 e. The molecule has 3 heterocycles. The lowest BCUT2D eigenvalue weighted by Gasteiger charge is -2.31. The van der Waals surface area contributed by atoms with Crippen LogP contribution in [0.3, 0.4) is 0 Å². The number of thioether (sulfide) groups is 2. The SMILES string of the molecule is NCCCC[C@@H]1NC(=O)CCSCc2cccc(c2)CSC[C@@H](C(N)=O)NC(=O)[C@@H]2CCCN2C(=O)[C@H](Cc2ccc(O)cc2)NC(=O)[C@H](CC2CNCN2)NC(=O)[C@H](CC(=O)O)NC(=O)[C@H](CCc2ccccc2)NC(=O)[C@H](CC2=CCc3ccc(F)cc32)NC(=O)CNC1=O. The van der Waals surface area contributed by atoms with Crippen molar-refractivity contribution in [3.63, 3.8) is 0 Å². The standard InChI is InChI=1S/C68H86FN13O13S2/c69-46-20-19-44-17-18-45(49(44)31-46)30-52-64(91)77-51(23-16-40-8-2-1-3-9-40)63(90)79-54(33-60(86)87)66(93)78-53(32-47-34-72-39-74-47)65(92)80-55(29-41-14-21-48(83)22-15-41)68(95)82-26-7-13-57(82)67(94)81-56(61(71)88)38-97-37-43-11-6-10-42(28-43)36-96-27-24-58(84)75-50(12-4-5-25-70)62(89)73-35-59(85)76-52/h1-3,6,8-11,14-15,18-22,28,31,47,50-57,72,74,83H,4-5,7,12-13,16-17,23-27,29-30,32-39,70H2,(H2,71,88)(H,73,89)(H,75,84)(H,76,85)(H,77,91)(H,78,93)(H,79,90)(H,80,92)(H,81,94)(H,86,87)/t47?,50-,51-,52-,53-,54-,55-,56-,57-/m0/s1. The maximum atomic E-state index is 15.0. The highest BCUT2D eigenvalue weighted by atomic mass is 32.2. The molecular weight excluding hydrogens is 1290 g/mol. The van der Waals surface area contributed by atoms with E-state index >= 15 is 0 Å². The Morgan fingerprint density at radius 2 is 1.34 bits per heavy atom. The minimum absolute atomic E-state index is 0.0413. The predicted molar refractivity (Wildman–Crippen MR) is 363 cm³/mol. The molecule has 10 amide bonds. The van der Waals surface area contributed by atoms with Crippen LogP contribution in [0.5, 0.6) is 5.75 Å². The molecule has 2 saturated heterocycles. The summed E-state index contributed by atoms with van der Waals surface area (Å²) in [5.74, 6) is -8.85. The molecule has 0 radical (unpaired) electrons. The highest BCUT2D eigenvalue weighted by molar-refractivity contribution is 7.98. The van der Waals surface area contributed by atoms with E-state index in [1.807, 2.05) is 24.3 Å². The molecule has 9 atom stereocenters. The Balaban J connectivity index is 1.11. The normalized spacial score (nSPS) is 24.3. The maximum absolute atomic E-state index is 15.0. The van der Waals surface area contributed by atoms with Gasteiger partial charge in [0, 0.05) is 68.1 Å². The van der Waals surface area contributed by atoms with E-state index in [-0.39, 0.29) is 69.4 Å². The van der Waals surface area contributed by atoms with Crippen molar-refractivity contribution in [2.75, 3.05) is 44.4 Å². The number of nitrogens with zero attached hydrogens (tertiary/aromatic N) is 1. The molecule has 0 aromatic heterocycles. The fourth-order valence-corrected chi connectivity index (χ4v) is 13.9. The van der Waals surface area contributed by atoms with Gasteiger partial charge >= 0.3 is 5.97 Å². The molecular formula is C68H86FN13O13S2. The third kappa shape index (κ3) is 22.9. The van der Waals surface area contributed by atoms with Crippen LogP contribution in [0.25, 0.3) is 5.57 Å². The number of carboxylic acids is 1. The second-order valence-corrected chi connectivity index (χ2v) is 26.6. The van der Waals surface area contributed by atoms with Crippen molar-refractivity contribution in [2.45, 2.75) is 149 Å². The number of nitrogens with one attached hydrogen (secondary N) is 10. The molecule has 1 unspecified atom stereocenters. The molecule has 16 N–H and O–H groups in total. The zero-order valence-electron chi connectivity index (χ0n) is 53.7. The number of aromatic hydroxyl groups is 1. The van der Waals surface area contributed by atoms with Gasteiger partial charge in [0.25, 0.3) is 0 Å². The summed E-state index contributed by atoms with van der Waals surface area (Å²) in [6, 6.07) is 14.9. The molecule has 4 aliphatic rings. The second kappa shape index (κ2) is 37.0. The topological polar surface area (TPSA) is 404 Å². The number of hydrogen-bond acceptors (Lipinski definition) is 17. The van der Waals surface area contributed by atoms with Crippen molar-refractivity contribution in [1.29, 1.82) is 0 Å². The molecule has 0 spiro atoms. The van der Waals surface area contributed by atoms with Crippen molar-refractivity contribution in [1.82, 2.24) is 58.1 Å². The Bertz CT molecular complexity index is 3490. The Morgan fingerprint density at radius 1 is 0.660 bits per heavy atom. The van der Waals surface area contributed by atoms with Crippen LogP contribution in [0.4, 0.5) is 4.39 Å². The summed E-state index contributed by atoms with van der Waals surface area (Å²) in [4.78, 5) is 157. The predicted octanol–water partition coefficient (Wildman–Crippen LogP) is 0.805. The molecule has 4 aromatic rings. The van der Waals surface area contributed by atoms with Gasteiger partial charge in [-0.1, -0.05) is 78.9 Å². The lowest BCUT2D eigenvalue weighted by molar-refractivity contribution is -0.143. The summed E-state index contributed by atoms with van der Waals surface area (Å²) >= 11 is 2.83. The number of phenolic OH excluding ortho intramolecular Hbond substituents is 1. The van der Waals surface area contributed by atoms with Crippen molar-refractivity contribution in [3.05, 3.63) is 142 Å². The van der Waals surface area contributed by atoms with Gasteiger partial charge < -0.3 is 79.7 Å². The van der Waals surface area contributed by atoms with Crippen molar-refractivity contribution in [2.24, 2.45) is 11.5 Å². The summed E-state index contributed by atoms with van der Waals surface area (Å²) < 4.78 is 14.8. The number of carbonyl (C=O) groups excluding carboxylic acids is 10. The first-order valence-corrected chi connectivity index (χ1v) is 34.9. The van der Waals surface area contributed by atoms with E-state index < -0.39 is 138 Å². The number of carboxylic acid groups (broad SMARTS) is 1. The highest BCUT2D eigenvalue weighted by Gasteiger charge is 2.41. The van der Waals surface area contributed by atoms with Crippen LogP contribution in [-0.4, -0.2) is 179 Å². The van der Waals surface area contributed by atoms with E-state index in [9.17, 15) is 67.3 Å². The monoisotopic (exact) mass is 1380 g/mol. The van der Waals surface area contributed by atoms with Crippen molar-refractivity contribution in [3.8, 4) is 5.75 Å². The molecule has 29 heteroatoms. The van der Waals surface area contributed by atoms with E-state index in [0.717, 1.165) is 22.3 Å². The fourth-order valence-electron chi connectivity index (χ4n) is 12.0. The van der Waals surface area contributed by atoms with Crippen LogP contribution in [0.15, 0.2) is 103 Å². The minimum atomic E-state index is -1.91. The van der Waals surface area contributed by atoms with Crippen molar-refractivity contribution >= 4 is 94.1 Å². The van der Waals surface area contributed by atoms with Gasteiger partial charge in [-0.05, 0) is 128 Å². The van der Waals surface area contributed by atoms with Gasteiger partial charge in [-0.3, -0.25) is 52.7 Å². The van der Waals surface area contributed by atoms with Crippen LogP contribution in [0, 0.1) is 5.82 Å². The van der Waals surface area contributed by atoms with E-state index in [1.54, 1.807) is 54.6 Å². The number of benzene rings is 4. The zero-order valence-corrected chi connectivity index (χ0v) is 55.4. The lowest BCUT2D eigenvalue weighted by Crippen LogP contribution is -2.61. The van der Waals surface area contributed by atoms with Crippen LogP contribution in [0.2, 0.25) is 0 Å². The average Bonchev–Trinajstić information content (AvgIpc) is 1.73. The molecule has 8 rings (SSSR count). The van der Waals surface area contributed by atoms with Gasteiger partial charge in [-0.2, -0.15) is 23.5 Å². The number of phenols is 1. The smallest absolute Gasteiger partial charge is 0.305 e. The number of rotatable bonds is 16. The number of primary amides is 1.